The molecule has 0 bridgehead atoms. The predicted molar refractivity (Wildman–Crippen MR) is 97.4 cm³/mol. The van der Waals surface area contributed by atoms with E-state index in [4.69, 9.17) is 4.74 Å². The molecule has 0 aliphatic carbocycles. The number of methoxy groups -OCH3 is 1. The van der Waals surface area contributed by atoms with Crippen LogP contribution in [0.2, 0.25) is 0 Å². The van der Waals surface area contributed by atoms with Crippen LogP contribution in [0.25, 0.3) is 10.2 Å². The van der Waals surface area contributed by atoms with Gasteiger partial charge in [0.25, 0.3) is 10.0 Å². The first-order valence-electron chi connectivity index (χ1n) is 7.58. The molecule has 0 fully saturated rings. The zero-order chi connectivity index (χ0) is 17.2. The quantitative estimate of drug-likeness (QED) is 0.718. The summed E-state index contributed by atoms with van der Waals surface area (Å²) in [5.41, 5.74) is 1.43. The number of thiazole rings is 1. The van der Waals surface area contributed by atoms with Gasteiger partial charge in [-0.15, -0.1) is 11.3 Å². The highest BCUT2D eigenvalue weighted by Gasteiger charge is 2.15. The minimum Gasteiger partial charge on any atom is -0.497 e. The van der Waals surface area contributed by atoms with Crippen molar-refractivity contribution in [3.63, 3.8) is 0 Å². The third-order valence-electron chi connectivity index (χ3n) is 3.52. The fourth-order valence-corrected chi connectivity index (χ4v) is 4.48. The number of fused-ring (bicyclic) bond motifs is 1. The van der Waals surface area contributed by atoms with Crippen LogP contribution in [0.4, 0.5) is 5.69 Å². The van der Waals surface area contributed by atoms with Gasteiger partial charge < -0.3 is 4.74 Å². The smallest absolute Gasteiger partial charge is 0.261 e. The van der Waals surface area contributed by atoms with Gasteiger partial charge in [0.05, 0.1) is 32.9 Å². The number of rotatable bonds is 6. The molecule has 7 heteroatoms. The lowest BCUT2D eigenvalue weighted by Crippen LogP contribution is -2.12. The number of ether oxygens (including phenoxy) is 1. The molecule has 0 unspecified atom stereocenters. The number of hydrogen-bond donors (Lipinski definition) is 1. The minimum absolute atomic E-state index is 0.194. The van der Waals surface area contributed by atoms with Gasteiger partial charge in [-0.05, 0) is 55.3 Å². The van der Waals surface area contributed by atoms with E-state index in [0.717, 1.165) is 28.1 Å². The van der Waals surface area contributed by atoms with E-state index in [1.165, 1.54) is 12.1 Å². The highest BCUT2D eigenvalue weighted by molar-refractivity contribution is 7.92. The molecule has 126 valence electrons. The molecule has 5 nitrogen and oxygen atoms in total. The summed E-state index contributed by atoms with van der Waals surface area (Å²) in [6, 6.07) is 11.7. The molecular weight excluding hydrogens is 344 g/mol. The summed E-state index contributed by atoms with van der Waals surface area (Å²) >= 11 is 1.60. The summed E-state index contributed by atoms with van der Waals surface area (Å²) in [6.45, 7) is 2.11. The van der Waals surface area contributed by atoms with E-state index in [1.807, 2.05) is 12.1 Å². The maximum atomic E-state index is 12.5. The van der Waals surface area contributed by atoms with Crippen molar-refractivity contribution in [3.8, 4) is 5.75 Å². The van der Waals surface area contributed by atoms with Gasteiger partial charge in [-0.3, -0.25) is 4.72 Å². The van der Waals surface area contributed by atoms with Crippen molar-refractivity contribution in [3.05, 3.63) is 47.5 Å². The van der Waals surface area contributed by atoms with Gasteiger partial charge in [0, 0.05) is 0 Å². The maximum Gasteiger partial charge on any atom is 0.261 e. The molecule has 0 saturated heterocycles. The number of nitrogens with one attached hydrogen (secondary N) is 1. The van der Waals surface area contributed by atoms with E-state index in [0.29, 0.717) is 11.4 Å². The molecule has 2 aromatic carbocycles. The van der Waals surface area contributed by atoms with Crippen LogP contribution in [-0.4, -0.2) is 20.5 Å². The number of sulfonamides is 1. The fourth-order valence-electron chi connectivity index (χ4n) is 2.33. The van der Waals surface area contributed by atoms with Crippen LogP contribution in [0.5, 0.6) is 5.75 Å². The molecule has 0 aliphatic rings. The summed E-state index contributed by atoms with van der Waals surface area (Å²) < 4.78 is 33.6. The summed E-state index contributed by atoms with van der Waals surface area (Å²) in [5, 5.41) is 1.07. The van der Waals surface area contributed by atoms with E-state index in [9.17, 15) is 8.42 Å². The molecule has 1 aromatic heterocycles. The van der Waals surface area contributed by atoms with Gasteiger partial charge in [0.2, 0.25) is 0 Å². The standard InChI is InChI=1S/C17H18N2O3S2/c1-3-4-17-18-15-10-5-12(11-16(15)23-17)19-24(20,21)14-8-6-13(22-2)7-9-14/h5-11,19H,3-4H2,1-2H3. The van der Waals surface area contributed by atoms with Gasteiger partial charge in [-0.2, -0.15) is 0 Å². The lowest BCUT2D eigenvalue weighted by molar-refractivity contribution is 0.414. The maximum absolute atomic E-state index is 12.5. The van der Waals surface area contributed by atoms with Crippen molar-refractivity contribution in [2.45, 2.75) is 24.7 Å². The Bertz CT molecular complexity index is 948. The highest BCUT2D eigenvalue weighted by Crippen LogP contribution is 2.27. The zero-order valence-corrected chi connectivity index (χ0v) is 15.1. The van der Waals surface area contributed by atoms with Crippen molar-refractivity contribution in [1.29, 1.82) is 0 Å². The monoisotopic (exact) mass is 362 g/mol. The first kappa shape index (κ1) is 16.7. The minimum atomic E-state index is -3.63. The predicted octanol–water partition coefficient (Wildman–Crippen LogP) is 4.06. The normalized spacial score (nSPS) is 11.6. The molecule has 1 N–H and O–H groups in total. The molecular formula is C17H18N2O3S2. The van der Waals surface area contributed by atoms with Crippen LogP contribution in [0.1, 0.15) is 18.4 Å². The molecule has 24 heavy (non-hydrogen) atoms. The molecule has 1 heterocycles. The second-order valence-electron chi connectivity index (χ2n) is 5.32. The molecule has 0 aliphatic heterocycles. The largest absolute Gasteiger partial charge is 0.497 e. The number of nitrogens with zero attached hydrogens (tertiary/aromatic N) is 1. The van der Waals surface area contributed by atoms with Gasteiger partial charge in [-0.1, -0.05) is 6.92 Å². The van der Waals surface area contributed by atoms with E-state index >= 15 is 0 Å². The Morgan fingerprint density at radius 3 is 2.58 bits per heavy atom. The molecule has 0 spiro atoms. The summed E-state index contributed by atoms with van der Waals surface area (Å²) in [5.74, 6) is 0.614. The highest BCUT2D eigenvalue weighted by atomic mass is 32.2. The number of benzene rings is 2. The van der Waals surface area contributed by atoms with Crippen molar-refractivity contribution < 1.29 is 13.2 Å². The Morgan fingerprint density at radius 1 is 1.17 bits per heavy atom. The lowest BCUT2D eigenvalue weighted by Gasteiger charge is -2.08. The van der Waals surface area contributed by atoms with Crippen LogP contribution in [0, 0.1) is 0 Å². The van der Waals surface area contributed by atoms with Gasteiger partial charge in [0.1, 0.15) is 5.75 Å². The summed E-state index contributed by atoms with van der Waals surface area (Å²) in [6.07, 6.45) is 1.98. The van der Waals surface area contributed by atoms with Crippen LogP contribution in [-0.2, 0) is 16.4 Å². The Hall–Kier alpha value is -2.12. The van der Waals surface area contributed by atoms with Crippen molar-refractivity contribution in [1.82, 2.24) is 4.98 Å². The number of hydrogen-bond acceptors (Lipinski definition) is 5. The number of aromatic nitrogens is 1. The Labute approximate surface area is 145 Å². The second-order valence-corrected chi connectivity index (χ2v) is 8.12. The van der Waals surface area contributed by atoms with Crippen molar-refractivity contribution in [2.75, 3.05) is 11.8 Å². The Morgan fingerprint density at radius 2 is 1.92 bits per heavy atom. The zero-order valence-electron chi connectivity index (χ0n) is 13.4. The molecule has 0 atom stereocenters. The first-order valence-corrected chi connectivity index (χ1v) is 9.88. The Balaban J connectivity index is 1.86. The van der Waals surface area contributed by atoms with E-state index in [2.05, 4.69) is 16.6 Å². The molecule has 0 radical (unpaired) electrons. The first-order chi connectivity index (χ1) is 11.5. The third kappa shape index (κ3) is 3.52. The van der Waals surface area contributed by atoms with Crippen LogP contribution in [0.3, 0.4) is 0 Å². The molecule has 3 rings (SSSR count). The third-order valence-corrected chi connectivity index (χ3v) is 5.99. The Kier molecular flexibility index (Phi) is 4.73. The molecule has 3 aromatic rings. The average Bonchev–Trinajstić information content (AvgIpc) is 2.96. The van der Waals surface area contributed by atoms with Gasteiger partial charge >= 0.3 is 0 Å². The summed E-state index contributed by atoms with van der Waals surface area (Å²) in [4.78, 5) is 4.74. The fraction of sp³-hybridized carbons (Fsp3) is 0.235. The van der Waals surface area contributed by atoms with Gasteiger partial charge in [0.15, 0.2) is 0 Å². The summed E-state index contributed by atoms with van der Waals surface area (Å²) in [7, 11) is -2.09. The van der Waals surface area contributed by atoms with Crippen LogP contribution >= 0.6 is 11.3 Å². The van der Waals surface area contributed by atoms with E-state index in [-0.39, 0.29) is 4.90 Å². The number of aryl methyl sites for hydroxylation is 1. The second kappa shape index (κ2) is 6.78. The number of anilines is 1. The van der Waals surface area contributed by atoms with Crippen molar-refractivity contribution >= 4 is 37.3 Å². The topological polar surface area (TPSA) is 68.3 Å². The van der Waals surface area contributed by atoms with E-state index < -0.39 is 10.0 Å². The lowest BCUT2D eigenvalue weighted by atomic mass is 10.3. The van der Waals surface area contributed by atoms with Crippen LogP contribution < -0.4 is 9.46 Å². The van der Waals surface area contributed by atoms with Crippen molar-refractivity contribution in [2.24, 2.45) is 0 Å². The molecule has 0 amide bonds. The average molecular weight is 362 g/mol. The molecule has 0 saturated carbocycles. The SMILES string of the molecule is CCCc1nc2ccc(NS(=O)(=O)c3ccc(OC)cc3)cc2s1. The van der Waals surface area contributed by atoms with Gasteiger partial charge in [-0.25, -0.2) is 13.4 Å². The van der Waals surface area contributed by atoms with E-state index in [1.54, 1.807) is 36.6 Å². The van der Waals surface area contributed by atoms with Crippen LogP contribution in [0.15, 0.2) is 47.4 Å².